The van der Waals surface area contributed by atoms with Gasteiger partial charge in [-0.1, -0.05) is 30.0 Å². The van der Waals surface area contributed by atoms with E-state index in [1.165, 1.54) is 23.9 Å². The molecule has 2 aromatic carbocycles. The van der Waals surface area contributed by atoms with Crippen LogP contribution in [0.5, 0.6) is 0 Å². The van der Waals surface area contributed by atoms with Gasteiger partial charge in [0.2, 0.25) is 5.91 Å². The Balaban J connectivity index is 1.46. The second-order valence-electron chi connectivity index (χ2n) is 6.81. The molecule has 144 valence electrons. The SMILES string of the molecule is CS(=O)(=O)c1ccc(NC(=O)CSc2nc(C3CC3)nc3ccccc23)cc1. The third kappa shape index (κ3) is 4.34. The first kappa shape index (κ1) is 18.9. The molecular formula is C20H19N3O3S2. The lowest BCUT2D eigenvalue weighted by molar-refractivity contribution is -0.113. The number of fused-ring (bicyclic) bond motifs is 1. The molecule has 0 aliphatic heterocycles. The summed E-state index contributed by atoms with van der Waals surface area (Å²) in [4.78, 5) is 21.9. The van der Waals surface area contributed by atoms with Crippen molar-refractivity contribution in [2.24, 2.45) is 0 Å². The molecule has 4 rings (SSSR count). The maximum Gasteiger partial charge on any atom is 0.234 e. The lowest BCUT2D eigenvalue weighted by Crippen LogP contribution is -2.14. The van der Waals surface area contributed by atoms with Gasteiger partial charge in [0, 0.05) is 23.2 Å². The van der Waals surface area contributed by atoms with E-state index in [0.717, 1.165) is 40.9 Å². The number of nitrogens with zero attached hydrogens (tertiary/aromatic N) is 2. The molecule has 1 aliphatic carbocycles. The zero-order valence-electron chi connectivity index (χ0n) is 15.3. The Morgan fingerprint density at radius 1 is 1.11 bits per heavy atom. The van der Waals surface area contributed by atoms with Crippen LogP contribution in [0.2, 0.25) is 0 Å². The summed E-state index contributed by atoms with van der Waals surface area (Å²) >= 11 is 1.38. The normalized spacial score (nSPS) is 14.2. The van der Waals surface area contributed by atoms with Crippen LogP contribution in [-0.4, -0.2) is 36.3 Å². The summed E-state index contributed by atoms with van der Waals surface area (Å²) in [5.41, 5.74) is 1.46. The van der Waals surface area contributed by atoms with Crippen LogP contribution in [0.15, 0.2) is 58.5 Å². The van der Waals surface area contributed by atoms with E-state index >= 15 is 0 Å². The maximum atomic E-state index is 12.3. The third-order valence-corrected chi connectivity index (χ3v) is 6.55. The number of anilines is 1. The fourth-order valence-electron chi connectivity index (χ4n) is 2.82. The molecule has 0 saturated heterocycles. The van der Waals surface area contributed by atoms with E-state index < -0.39 is 9.84 Å². The molecule has 6 nitrogen and oxygen atoms in total. The van der Waals surface area contributed by atoms with Gasteiger partial charge in [-0.2, -0.15) is 0 Å². The monoisotopic (exact) mass is 413 g/mol. The molecule has 1 aromatic heterocycles. The average Bonchev–Trinajstić information content (AvgIpc) is 3.51. The van der Waals surface area contributed by atoms with Gasteiger partial charge in [-0.05, 0) is 43.2 Å². The molecular weight excluding hydrogens is 394 g/mol. The highest BCUT2D eigenvalue weighted by Crippen LogP contribution is 2.39. The van der Waals surface area contributed by atoms with Crippen LogP contribution < -0.4 is 5.32 Å². The van der Waals surface area contributed by atoms with Crippen LogP contribution in [0.1, 0.15) is 24.6 Å². The van der Waals surface area contributed by atoms with Gasteiger partial charge in [0.25, 0.3) is 0 Å². The Hall–Kier alpha value is -2.45. The number of hydrogen-bond acceptors (Lipinski definition) is 6. The summed E-state index contributed by atoms with van der Waals surface area (Å²) in [5, 5.41) is 4.55. The van der Waals surface area contributed by atoms with Crippen molar-refractivity contribution in [1.82, 2.24) is 9.97 Å². The fourth-order valence-corrected chi connectivity index (χ4v) is 4.27. The molecule has 1 N–H and O–H groups in total. The Bertz CT molecular complexity index is 1140. The predicted octanol–water partition coefficient (Wildman–Crippen LogP) is 3.64. The minimum atomic E-state index is -3.25. The fraction of sp³-hybridized carbons (Fsp3) is 0.250. The molecule has 28 heavy (non-hydrogen) atoms. The minimum Gasteiger partial charge on any atom is -0.325 e. The Morgan fingerprint density at radius 3 is 2.50 bits per heavy atom. The number of thioether (sulfide) groups is 1. The van der Waals surface area contributed by atoms with Gasteiger partial charge in [0.1, 0.15) is 10.9 Å². The number of carbonyl (C=O) groups excluding carboxylic acids is 1. The zero-order chi connectivity index (χ0) is 19.7. The van der Waals surface area contributed by atoms with Crippen molar-refractivity contribution in [1.29, 1.82) is 0 Å². The highest BCUT2D eigenvalue weighted by molar-refractivity contribution is 8.00. The lowest BCUT2D eigenvalue weighted by atomic mass is 10.2. The molecule has 0 bridgehead atoms. The summed E-state index contributed by atoms with van der Waals surface area (Å²) in [6.45, 7) is 0. The van der Waals surface area contributed by atoms with E-state index in [4.69, 9.17) is 0 Å². The molecule has 0 unspecified atom stereocenters. The van der Waals surface area contributed by atoms with Gasteiger partial charge in [-0.3, -0.25) is 4.79 Å². The number of hydrogen-bond donors (Lipinski definition) is 1. The summed E-state index contributed by atoms with van der Waals surface area (Å²) in [7, 11) is -3.25. The number of benzene rings is 2. The Kier molecular flexibility index (Phi) is 5.07. The van der Waals surface area contributed by atoms with Crippen LogP contribution >= 0.6 is 11.8 Å². The number of para-hydroxylation sites is 1. The number of amides is 1. The predicted molar refractivity (Wildman–Crippen MR) is 110 cm³/mol. The van der Waals surface area contributed by atoms with Crippen molar-refractivity contribution in [2.45, 2.75) is 28.7 Å². The zero-order valence-corrected chi connectivity index (χ0v) is 16.9. The van der Waals surface area contributed by atoms with Crippen molar-refractivity contribution < 1.29 is 13.2 Å². The van der Waals surface area contributed by atoms with Gasteiger partial charge < -0.3 is 5.32 Å². The van der Waals surface area contributed by atoms with Crippen LogP contribution in [0, 0.1) is 0 Å². The van der Waals surface area contributed by atoms with Gasteiger partial charge in [-0.25, -0.2) is 18.4 Å². The molecule has 3 aromatic rings. The molecule has 1 fully saturated rings. The topological polar surface area (TPSA) is 89.0 Å². The molecule has 1 heterocycles. The second kappa shape index (κ2) is 7.52. The second-order valence-corrected chi connectivity index (χ2v) is 9.79. The standard InChI is InChI=1S/C20H19N3O3S2/c1-28(25,26)15-10-8-14(9-11-15)21-18(24)12-27-20-16-4-2-3-5-17(16)22-19(23-20)13-6-7-13/h2-5,8-11,13H,6-7,12H2,1H3,(H,21,24). The molecule has 8 heteroatoms. The number of nitrogens with one attached hydrogen (secondary N) is 1. The van der Waals surface area contributed by atoms with Crippen molar-refractivity contribution >= 4 is 44.1 Å². The molecule has 1 saturated carbocycles. The molecule has 1 aliphatic rings. The highest BCUT2D eigenvalue weighted by Gasteiger charge is 2.27. The van der Waals surface area contributed by atoms with Crippen LogP contribution in [0.4, 0.5) is 5.69 Å². The van der Waals surface area contributed by atoms with E-state index in [1.54, 1.807) is 12.1 Å². The van der Waals surface area contributed by atoms with Crippen molar-refractivity contribution in [3.8, 4) is 0 Å². The number of rotatable bonds is 6. The van der Waals surface area contributed by atoms with E-state index in [1.807, 2.05) is 24.3 Å². The van der Waals surface area contributed by atoms with Crippen molar-refractivity contribution in [3.63, 3.8) is 0 Å². The quantitative estimate of drug-likeness (QED) is 0.490. The Labute approximate surface area is 167 Å². The molecule has 1 amide bonds. The number of carbonyl (C=O) groups is 1. The lowest BCUT2D eigenvalue weighted by Gasteiger charge is -2.09. The van der Waals surface area contributed by atoms with E-state index in [-0.39, 0.29) is 16.6 Å². The minimum absolute atomic E-state index is 0.173. The summed E-state index contributed by atoms with van der Waals surface area (Å²) in [6, 6.07) is 14.0. The molecule has 0 atom stereocenters. The number of sulfone groups is 1. The van der Waals surface area contributed by atoms with Crippen molar-refractivity contribution in [3.05, 3.63) is 54.4 Å². The average molecular weight is 414 g/mol. The summed E-state index contributed by atoms with van der Waals surface area (Å²) in [5.74, 6) is 1.33. The van der Waals surface area contributed by atoms with Crippen molar-refractivity contribution in [2.75, 3.05) is 17.3 Å². The van der Waals surface area contributed by atoms with Gasteiger partial charge in [0.15, 0.2) is 9.84 Å². The summed E-state index contributed by atoms with van der Waals surface area (Å²) in [6.07, 6.45) is 3.39. The van der Waals surface area contributed by atoms with E-state index in [0.29, 0.717) is 11.6 Å². The smallest absolute Gasteiger partial charge is 0.234 e. The van der Waals surface area contributed by atoms with Gasteiger partial charge in [-0.15, -0.1) is 0 Å². The summed E-state index contributed by atoms with van der Waals surface area (Å²) < 4.78 is 23.0. The maximum absolute atomic E-state index is 12.3. The first-order valence-corrected chi connectivity index (χ1v) is 11.8. The Morgan fingerprint density at radius 2 is 1.82 bits per heavy atom. The van der Waals surface area contributed by atoms with Crippen LogP contribution in [0.25, 0.3) is 10.9 Å². The molecule has 0 spiro atoms. The van der Waals surface area contributed by atoms with E-state index in [2.05, 4.69) is 15.3 Å². The van der Waals surface area contributed by atoms with Gasteiger partial charge in [0.05, 0.1) is 16.2 Å². The first-order valence-electron chi connectivity index (χ1n) is 8.89. The number of aromatic nitrogens is 2. The molecule has 0 radical (unpaired) electrons. The largest absolute Gasteiger partial charge is 0.325 e. The highest BCUT2D eigenvalue weighted by atomic mass is 32.2. The van der Waals surface area contributed by atoms with Crippen LogP contribution in [0.3, 0.4) is 0 Å². The van der Waals surface area contributed by atoms with Gasteiger partial charge >= 0.3 is 0 Å². The first-order chi connectivity index (χ1) is 13.4. The van der Waals surface area contributed by atoms with E-state index in [9.17, 15) is 13.2 Å². The van der Waals surface area contributed by atoms with Crippen LogP contribution in [-0.2, 0) is 14.6 Å². The third-order valence-electron chi connectivity index (χ3n) is 4.43.